The highest BCUT2D eigenvalue weighted by Crippen LogP contribution is 2.33. The Morgan fingerprint density at radius 2 is 1.80 bits per heavy atom. The van der Waals surface area contributed by atoms with E-state index in [4.69, 9.17) is 11.6 Å². The van der Waals surface area contributed by atoms with E-state index in [-0.39, 0.29) is 29.9 Å². The minimum absolute atomic E-state index is 0.0155. The number of nitrogens with one attached hydrogen (secondary N) is 1. The molecule has 0 unspecified atom stereocenters. The molecule has 0 spiro atoms. The number of hydrogen-bond acceptors (Lipinski definition) is 4. The van der Waals surface area contributed by atoms with Gasteiger partial charge in [-0.2, -0.15) is 0 Å². The molecule has 5 rings (SSSR count). The first-order valence-corrected chi connectivity index (χ1v) is 13.2. The number of halogens is 5. The topological polar surface area (TPSA) is 58.9 Å². The number of alkyl halides is 3. The Bertz CT molecular complexity index is 1540. The van der Waals surface area contributed by atoms with E-state index in [0.717, 1.165) is 11.3 Å². The van der Waals surface area contributed by atoms with Crippen molar-refractivity contribution in [2.45, 2.75) is 45.5 Å². The van der Waals surface area contributed by atoms with Gasteiger partial charge in [-0.1, -0.05) is 23.7 Å². The summed E-state index contributed by atoms with van der Waals surface area (Å²) in [4.78, 5) is 19.5. The molecule has 3 heterocycles. The maximum absolute atomic E-state index is 15.1. The summed E-state index contributed by atoms with van der Waals surface area (Å²) in [6, 6.07) is 12.6. The summed E-state index contributed by atoms with van der Waals surface area (Å²) < 4.78 is 57.9. The normalized spacial score (nSPS) is 14.5. The summed E-state index contributed by atoms with van der Waals surface area (Å²) in [6.45, 7) is 5.05. The molecule has 0 bridgehead atoms. The smallest absolute Gasteiger partial charge is 0.406 e. The van der Waals surface area contributed by atoms with E-state index < -0.39 is 6.36 Å². The lowest BCUT2D eigenvalue weighted by molar-refractivity contribution is -0.274. The number of pyridine rings is 1. The number of benzene rings is 2. The summed E-state index contributed by atoms with van der Waals surface area (Å²) in [7, 11) is 0. The van der Waals surface area contributed by atoms with Crippen LogP contribution in [0, 0.1) is 19.7 Å². The molecule has 2 aromatic heterocycles. The summed E-state index contributed by atoms with van der Waals surface area (Å²) in [6.07, 6.45) is -1.67. The second kappa shape index (κ2) is 11.0. The average molecular weight is 575 g/mol. The Kier molecular flexibility index (Phi) is 7.63. The van der Waals surface area contributed by atoms with Crippen molar-refractivity contribution in [3.05, 3.63) is 93.6 Å². The maximum Gasteiger partial charge on any atom is 0.573 e. The van der Waals surface area contributed by atoms with Crippen molar-refractivity contribution >= 4 is 28.8 Å². The number of amides is 1. The summed E-state index contributed by atoms with van der Waals surface area (Å²) in [5.74, 6) is -0.911. The third-order valence-electron chi connectivity index (χ3n) is 7.18. The van der Waals surface area contributed by atoms with E-state index in [9.17, 15) is 18.0 Å². The van der Waals surface area contributed by atoms with E-state index >= 15 is 4.39 Å². The Morgan fingerprint density at radius 1 is 1.10 bits per heavy atom. The first kappa shape index (κ1) is 27.8. The average Bonchev–Trinajstić information content (AvgIpc) is 3.21. The highest BCUT2D eigenvalue weighted by atomic mass is 35.5. The van der Waals surface area contributed by atoms with Gasteiger partial charge in [0.2, 0.25) is 0 Å². The van der Waals surface area contributed by atoms with Crippen LogP contribution in [-0.2, 0) is 6.54 Å². The molecule has 0 atom stereocenters. The van der Waals surface area contributed by atoms with Gasteiger partial charge in [0.15, 0.2) is 0 Å². The predicted octanol–water partition coefficient (Wildman–Crippen LogP) is 6.96. The summed E-state index contributed by atoms with van der Waals surface area (Å²) in [5.41, 5.74) is 4.47. The van der Waals surface area contributed by atoms with Crippen LogP contribution in [-0.4, -0.2) is 34.7 Å². The van der Waals surface area contributed by atoms with Gasteiger partial charge in [-0.15, -0.1) is 13.2 Å². The molecule has 1 fully saturated rings. The number of fused-ring (bicyclic) bond motifs is 1. The van der Waals surface area contributed by atoms with Crippen LogP contribution in [0.1, 0.15) is 51.6 Å². The third kappa shape index (κ3) is 6.01. The molecule has 4 aromatic rings. The predicted molar refractivity (Wildman–Crippen MR) is 145 cm³/mol. The van der Waals surface area contributed by atoms with Gasteiger partial charge in [-0.25, -0.2) is 9.37 Å². The van der Waals surface area contributed by atoms with Crippen molar-refractivity contribution in [2.24, 2.45) is 0 Å². The minimum Gasteiger partial charge on any atom is -0.406 e. The number of piperidine rings is 1. The van der Waals surface area contributed by atoms with Crippen LogP contribution in [0.25, 0.3) is 5.65 Å². The maximum atomic E-state index is 15.1. The number of carbonyl (C=O) groups excluding carboxylic acids is 1. The molecule has 1 N–H and O–H groups in total. The Balaban J connectivity index is 1.19. The second-order valence-electron chi connectivity index (χ2n) is 9.92. The SMILES string of the molecule is Cc1cc2nc(C)c(C(=O)NCc3ccc(C4CCN(c5ccc(OC(F)(F)F)cc5)CC4)c(F)c3)n2cc1Cl. The summed E-state index contributed by atoms with van der Waals surface area (Å²) >= 11 is 6.24. The van der Waals surface area contributed by atoms with Crippen LogP contribution < -0.4 is 15.0 Å². The van der Waals surface area contributed by atoms with E-state index in [2.05, 4.69) is 19.9 Å². The number of nitrogens with zero attached hydrogens (tertiary/aromatic N) is 3. The van der Waals surface area contributed by atoms with Gasteiger partial charge in [-0.3, -0.25) is 9.20 Å². The molecular weight excluding hydrogens is 548 g/mol. The number of carbonyl (C=O) groups is 1. The van der Waals surface area contributed by atoms with E-state index in [1.165, 1.54) is 18.2 Å². The first-order valence-electron chi connectivity index (χ1n) is 12.8. The molecule has 11 heteroatoms. The number of anilines is 1. The monoisotopic (exact) mass is 574 g/mol. The number of ether oxygens (including phenoxy) is 1. The minimum atomic E-state index is -4.73. The fourth-order valence-corrected chi connectivity index (χ4v) is 5.29. The number of aryl methyl sites for hydroxylation is 2. The number of imidazole rings is 1. The molecular formula is C29H27ClF4N4O2. The van der Waals surface area contributed by atoms with Crippen molar-refractivity contribution in [2.75, 3.05) is 18.0 Å². The Labute approximate surface area is 233 Å². The van der Waals surface area contributed by atoms with Gasteiger partial charge < -0.3 is 15.0 Å². The van der Waals surface area contributed by atoms with Gasteiger partial charge in [0.05, 0.1) is 10.7 Å². The first-order chi connectivity index (χ1) is 19.0. The van der Waals surface area contributed by atoms with Gasteiger partial charge in [0.25, 0.3) is 5.91 Å². The molecule has 6 nitrogen and oxygen atoms in total. The lowest BCUT2D eigenvalue weighted by Gasteiger charge is -2.34. The van der Waals surface area contributed by atoms with Crippen LogP contribution in [0.4, 0.5) is 23.2 Å². The molecule has 210 valence electrons. The molecule has 0 aliphatic carbocycles. The molecule has 40 heavy (non-hydrogen) atoms. The third-order valence-corrected chi connectivity index (χ3v) is 7.58. The zero-order chi connectivity index (χ0) is 28.6. The van der Waals surface area contributed by atoms with Crippen LogP contribution in [0.2, 0.25) is 5.02 Å². The zero-order valence-corrected chi connectivity index (χ0v) is 22.6. The highest BCUT2D eigenvalue weighted by Gasteiger charge is 2.31. The lowest BCUT2D eigenvalue weighted by Crippen LogP contribution is -2.33. The lowest BCUT2D eigenvalue weighted by atomic mass is 9.88. The number of rotatable bonds is 6. The molecule has 2 aromatic carbocycles. The van der Waals surface area contributed by atoms with E-state index in [1.807, 2.05) is 19.1 Å². The zero-order valence-electron chi connectivity index (χ0n) is 21.9. The van der Waals surface area contributed by atoms with Gasteiger partial charge in [-0.05, 0) is 85.7 Å². The summed E-state index contributed by atoms with van der Waals surface area (Å²) in [5, 5.41) is 3.37. The van der Waals surface area contributed by atoms with Crippen molar-refractivity contribution in [1.82, 2.24) is 14.7 Å². The van der Waals surface area contributed by atoms with Gasteiger partial charge in [0.1, 0.15) is 22.9 Å². The Morgan fingerprint density at radius 3 is 2.45 bits per heavy atom. The molecule has 0 radical (unpaired) electrons. The largest absolute Gasteiger partial charge is 0.573 e. The van der Waals surface area contributed by atoms with Crippen molar-refractivity contribution < 1.29 is 27.1 Å². The van der Waals surface area contributed by atoms with E-state index in [0.29, 0.717) is 59.1 Å². The molecule has 0 saturated carbocycles. The fourth-order valence-electron chi connectivity index (χ4n) is 5.14. The van der Waals surface area contributed by atoms with Crippen molar-refractivity contribution in [3.63, 3.8) is 0 Å². The molecule has 1 aliphatic rings. The van der Waals surface area contributed by atoms with Crippen LogP contribution in [0.5, 0.6) is 5.75 Å². The standard InChI is InChI=1S/C29H27ClF4N4O2/c1-17-13-26-36-18(2)27(38(26)16-24(17)30)28(39)35-15-19-3-8-23(25(31)14-19)20-9-11-37(12-10-20)21-4-6-22(7-5-21)40-29(32,33)34/h3-8,13-14,16,20H,9-12,15H2,1-2H3,(H,35,39). The van der Waals surface area contributed by atoms with Gasteiger partial charge in [0, 0.05) is 31.5 Å². The van der Waals surface area contributed by atoms with Crippen molar-refractivity contribution in [1.29, 1.82) is 0 Å². The van der Waals surface area contributed by atoms with E-state index in [1.54, 1.807) is 35.7 Å². The number of aromatic nitrogens is 2. The molecule has 1 saturated heterocycles. The molecule has 1 aliphatic heterocycles. The van der Waals surface area contributed by atoms with Crippen LogP contribution in [0.3, 0.4) is 0 Å². The molecule has 1 amide bonds. The van der Waals surface area contributed by atoms with Crippen molar-refractivity contribution in [3.8, 4) is 5.75 Å². The second-order valence-corrected chi connectivity index (χ2v) is 10.3. The Hall–Kier alpha value is -3.79. The fraction of sp³-hybridized carbons (Fsp3) is 0.310. The quantitative estimate of drug-likeness (QED) is 0.253. The van der Waals surface area contributed by atoms with Crippen LogP contribution >= 0.6 is 11.6 Å². The highest BCUT2D eigenvalue weighted by molar-refractivity contribution is 6.31. The van der Waals surface area contributed by atoms with Gasteiger partial charge >= 0.3 is 6.36 Å². The number of hydrogen-bond donors (Lipinski definition) is 1. The van der Waals surface area contributed by atoms with Crippen LogP contribution in [0.15, 0.2) is 54.7 Å².